The van der Waals surface area contributed by atoms with Crippen LogP contribution in [0.3, 0.4) is 0 Å². The van der Waals surface area contributed by atoms with Crippen LogP contribution in [-0.2, 0) is 45.8 Å². The van der Waals surface area contributed by atoms with Crippen LogP contribution in [0.4, 0.5) is 0 Å². The average molecular weight is 1080 g/mol. The van der Waals surface area contributed by atoms with Crippen molar-refractivity contribution in [3.8, 4) is 84.3 Å². The number of benzene rings is 7. The monoisotopic (exact) mass is 1080 g/mol. The summed E-state index contributed by atoms with van der Waals surface area (Å²) >= 11 is 0. The van der Waals surface area contributed by atoms with Crippen LogP contribution < -0.4 is 0 Å². The van der Waals surface area contributed by atoms with E-state index >= 15 is 0 Å². The molecule has 3 heterocycles. The molecule has 0 bridgehead atoms. The van der Waals surface area contributed by atoms with Gasteiger partial charge in [0, 0.05) is 18.6 Å². The molecule has 0 fully saturated rings. The van der Waals surface area contributed by atoms with E-state index in [9.17, 15) is 5.26 Å². The van der Waals surface area contributed by atoms with Crippen molar-refractivity contribution in [2.24, 2.45) is 0 Å². The van der Waals surface area contributed by atoms with E-state index in [2.05, 4.69) is 175 Å². The van der Waals surface area contributed by atoms with Gasteiger partial charge in [0.25, 0.3) is 0 Å². The van der Waals surface area contributed by atoms with Crippen LogP contribution in [0.2, 0.25) is 0 Å². The van der Waals surface area contributed by atoms with Crippen LogP contribution in [0.1, 0.15) is 53.1 Å². The largest absolute Gasteiger partial charge is 3.00 e. The van der Waals surface area contributed by atoms with E-state index in [0.717, 1.165) is 98.4 Å². The quantitative estimate of drug-likeness (QED) is 0.102. The van der Waals surface area contributed by atoms with Gasteiger partial charge in [-0.3, -0.25) is 0 Å². The SMILES string of the molecule is CC(C)c1ccc(-c2[c-]cc(-c3ccccc3-c3cc(CCc4c[c-]c(-c5ccccn5)cc4)cc(CCc4c[c-]c(-c5ccccn5)cc4)c3)c(-c3ccc(-c4ccc(C#N)cc4)cc3)c2)nc1.[Ir+3]. The molecule has 0 unspecified atom stereocenters. The van der Waals surface area contributed by atoms with Crippen LogP contribution in [0.25, 0.3) is 78.3 Å². The standard InChI is InChI=1S/C65H49N4.Ir/c1-45(2)57-34-36-65(69-44-57)56-33-35-61(62(42-56)53-31-29-52(30-32-53)51-23-21-48(43-66)22-24-51)60-10-4-3-9-59(60)58-40-49(15-13-46-17-25-54(26-18-46)63-11-5-7-37-67-63)39-50(41-58)16-14-47-19-27-55(28-20-47)64-12-6-8-38-68-64;/h3-12,17-25,27,29-32,34-42,44-45H,13-16H2,1-2H3;/q-3;+3. The van der Waals surface area contributed by atoms with Crippen molar-refractivity contribution in [1.82, 2.24) is 15.0 Å². The van der Waals surface area contributed by atoms with Crippen molar-refractivity contribution in [1.29, 1.82) is 5.26 Å². The van der Waals surface area contributed by atoms with Crippen molar-refractivity contribution >= 4 is 0 Å². The molecule has 10 aromatic rings. The third-order valence-electron chi connectivity index (χ3n) is 12.8. The first-order valence-corrected chi connectivity index (χ1v) is 23.6. The Morgan fingerprint density at radius 3 is 1.47 bits per heavy atom. The Labute approximate surface area is 425 Å². The minimum atomic E-state index is 0. The number of hydrogen-bond acceptors (Lipinski definition) is 4. The Bertz CT molecular complexity index is 3260. The Morgan fingerprint density at radius 2 is 0.957 bits per heavy atom. The number of nitriles is 1. The summed E-state index contributed by atoms with van der Waals surface area (Å²) in [4.78, 5) is 14.0. The first-order chi connectivity index (χ1) is 33.9. The maximum Gasteiger partial charge on any atom is 3.00 e. The fourth-order valence-corrected chi connectivity index (χ4v) is 8.93. The van der Waals surface area contributed by atoms with E-state index < -0.39 is 0 Å². The average Bonchev–Trinajstić information content (AvgIpc) is 3.42. The minimum Gasteiger partial charge on any atom is -0.305 e. The van der Waals surface area contributed by atoms with Gasteiger partial charge in [-0.25, -0.2) is 0 Å². The summed E-state index contributed by atoms with van der Waals surface area (Å²) in [6, 6.07) is 78.8. The molecule has 10 rings (SSSR count). The molecule has 0 aliphatic heterocycles. The molecule has 338 valence electrons. The minimum absolute atomic E-state index is 0. The third kappa shape index (κ3) is 11.0. The van der Waals surface area contributed by atoms with Crippen molar-refractivity contribution in [3.63, 3.8) is 0 Å². The number of pyridine rings is 3. The fourth-order valence-electron chi connectivity index (χ4n) is 8.93. The third-order valence-corrected chi connectivity index (χ3v) is 12.8. The Morgan fingerprint density at radius 1 is 0.429 bits per heavy atom. The van der Waals surface area contributed by atoms with Crippen LogP contribution in [0, 0.1) is 29.5 Å². The molecule has 5 heteroatoms. The van der Waals surface area contributed by atoms with Gasteiger partial charge in [-0.05, 0) is 105 Å². The van der Waals surface area contributed by atoms with Gasteiger partial charge in [0.2, 0.25) is 0 Å². The van der Waals surface area contributed by atoms with Crippen molar-refractivity contribution in [3.05, 3.63) is 258 Å². The second-order valence-electron chi connectivity index (χ2n) is 17.8. The first kappa shape index (κ1) is 47.2. The summed E-state index contributed by atoms with van der Waals surface area (Å²) in [6.45, 7) is 4.38. The molecule has 7 aromatic carbocycles. The van der Waals surface area contributed by atoms with Crippen molar-refractivity contribution < 1.29 is 20.1 Å². The van der Waals surface area contributed by atoms with E-state index in [1.54, 1.807) is 0 Å². The van der Waals surface area contributed by atoms with E-state index in [1.807, 2.05) is 79.3 Å². The number of aryl methyl sites for hydroxylation is 4. The van der Waals surface area contributed by atoms with Crippen LogP contribution >= 0.6 is 0 Å². The summed E-state index contributed by atoms with van der Waals surface area (Å²) in [6.07, 6.45) is 9.17. The van der Waals surface area contributed by atoms with E-state index in [-0.39, 0.29) is 20.1 Å². The molecular weight excluding hydrogens is 1030 g/mol. The smallest absolute Gasteiger partial charge is 0.305 e. The number of rotatable bonds is 14. The van der Waals surface area contributed by atoms with Gasteiger partial charge in [-0.1, -0.05) is 159 Å². The van der Waals surface area contributed by atoms with Crippen LogP contribution in [0.5, 0.6) is 0 Å². The molecule has 0 atom stereocenters. The normalized spacial score (nSPS) is 10.9. The Hall–Kier alpha value is -7.87. The summed E-state index contributed by atoms with van der Waals surface area (Å²) in [5.74, 6) is 0.393. The molecule has 0 saturated heterocycles. The molecule has 3 aromatic heterocycles. The zero-order valence-electron chi connectivity index (χ0n) is 39.2. The van der Waals surface area contributed by atoms with Crippen molar-refractivity contribution in [2.75, 3.05) is 0 Å². The van der Waals surface area contributed by atoms with Gasteiger partial charge in [0.15, 0.2) is 0 Å². The second-order valence-corrected chi connectivity index (χ2v) is 17.8. The topological polar surface area (TPSA) is 62.5 Å². The summed E-state index contributed by atoms with van der Waals surface area (Å²) < 4.78 is 0. The van der Waals surface area contributed by atoms with E-state index in [4.69, 9.17) is 4.98 Å². The molecule has 4 nitrogen and oxygen atoms in total. The zero-order chi connectivity index (χ0) is 46.9. The number of hydrogen-bond donors (Lipinski definition) is 0. The number of aromatic nitrogens is 3. The maximum atomic E-state index is 9.39. The molecule has 0 radical (unpaired) electrons. The fraction of sp³-hybridized carbons (Fsp3) is 0.108. The molecule has 0 aliphatic carbocycles. The number of nitrogens with zero attached hydrogens (tertiary/aromatic N) is 4. The Balaban J connectivity index is 0.00000608. The van der Waals surface area contributed by atoms with Gasteiger partial charge >= 0.3 is 20.1 Å². The predicted octanol–water partition coefficient (Wildman–Crippen LogP) is 15.5. The maximum absolute atomic E-state index is 9.39. The van der Waals surface area contributed by atoms with E-state index in [0.29, 0.717) is 11.5 Å². The summed E-state index contributed by atoms with van der Waals surface area (Å²) in [5.41, 5.74) is 21.5. The predicted molar refractivity (Wildman–Crippen MR) is 281 cm³/mol. The molecule has 0 N–H and O–H groups in total. The second kappa shape index (κ2) is 22.0. The Kier molecular flexibility index (Phi) is 14.9. The van der Waals surface area contributed by atoms with Crippen LogP contribution in [-0.4, -0.2) is 15.0 Å². The molecule has 0 aliphatic rings. The van der Waals surface area contributed by atoms with Crippen molar-refractivity contribution in [2.45, 2.75) is 45.4 Å². The molecule has 0 saturated carbocycles. The van der Waals surface area contributed by atoms with Crippen LogP contribution in [0.15, 0.2) is 207 Å². The molecular formula is C65H49IrN4. The van der Waals surface area contributed by atoms with Gasteiger partial charge in [-0.15, -0.1) is 94.5 Å². The molecule has 70 heavy (non-hydrogen) atoms. The van der Waals surface area contributed by atoms with Gasteiger partial charge in [0.1, 0.15) is 0 Å². The van der Waals surface area contributed by atoms with Gasteiger partial charge in [0.05, 0.1) is 11.6 Å². The molecule has 0 spiro atoms. The van der Waals surface area contributed by atoms with Gasteiger partial charge < -0.3 is 15.0 Å². The molecule has 0 amide bonds. The zero-order valence-corrected chi connectivity index (χ0v) is 41.6. The van der Waals surface area contributed by atoms with Gasteiger partial charge in [-0.2, -0.15) is 5.26 Å². The first-order valence-electron chi connectivity index (χ1n) is 23.6. The summed E-state index contributed by atoms with van der Waals surface area (Å²) in [5, 5.41) is 9.39. The summed E-state index contributed by atoms with van der Waals surface area (Å²) in [7, 11) is 0. The van der Waals surface area contributed by atoms with E-state index in [1.165, 1.54) is 33.4 Å².